The zero-order valence-electron chi connectivity index (χ0n) is 10.8. The first-order valence-corrected chi connectivity index (χ1v) is 9.13. The SMILES string of the molecule is CC(=O)COc1ccccc1C#C[Si](C)(C)C. The molecule has 2 nitrogen and oxygen atoms in total. The maximum absolute atomic E-state index is 10.9. The van der Waals surface area contributed by atoms with E-state index >= 15 is 0 Å². The fraction of sp³-hybridized carbons (Fsp3) is 0.357. The number of benzene rings is 1. The highest BCUT2D eigenvalue weighted by Crippen LogP contribution is 2.16. The van der Waals surface area contributed by atoms with Gasteiger partial charge in [0.25, 0.3) is 0 Å². The maximum atomic E-state index is 10.9. The number of ketones is 1. The topological polar surface area (TPSA) is 26.3 Å². The van der Waals surface area contributed by atoms with Crippen molar-refractivity contribution in [2.45, 2.75) is 26.6 Å². The normalized spacial score (nSPS) is 10.4. The fourth-order valence-electron chi connectivity index (χ4n) is 1.13. The van der Waals surface area contributed by atoms with Crippen LogP contribution in [0.2, 0.25) is 19.6 Å². The van der Waals surface area contributed by atoms with Crippen LogP contribution in [-0.4, -0.2) is 20.5 Å². The number of ether oxygens (including phenoxy) is 1. The van der Waals surface area contributed by atoms with E-state index in [1.165, 1.54) is 6.92 Å². The van der Waals surface area contributed by atoms with Crippen LogP contribution in [0, 0.1) is 11.5 Å². The lowest BCUT2D eigenvalue weighted by Gasteiger charge is -2.07. The molecule has 0 amide bonds. The molecule has 0 heterocycles. The van der Waals surface area contributed by atoms with Crippen LogP contribution in [-0.2, 0) is 4.79 Å². The Balaban J connectivity index is 2.91. The zero-order valence-corrected chi connectivity index (χ0v) is 11.8. The molecule has 0 N–H and O–H groups in total. The van der Waals surface area contributed by atoms with Crippen LogP contribution in [0.4, 0.5) is 0 Å². The summed E-state index contributed by atoms with van der Waals surface area (Å²) in [6, 6.07) is 7.57. The second-order valence-corrected chi connectivity index (χ2v) is 9.74. The number of hydrogen-bond acceptors (Lipinski definition) is 2. The summed E-state index contributed by atoms with van der Waals surface area (Å²) in [7, 11) is -1.39. The summed E-state index contributed by atoms with van der Waals surface area (Å²) >= 11 is 0. The molecule has 3 heteroatoms. The summed E-state index contributed by atoms with van der Waals surface area (Å²) in [5.41, 5.74) is 4.15. The van der Waals surface area contributed by atoms with Crippen molar-refractivity contribution < 1.29 is 9.53 Å². The van der Waals surface area contributed by atoms with Gasteiger partial charge in [-0.2, -0.15) is 0 Å². The molecule has 0 bridgehead atoms. The average molecular weight is 246 g/mol. The van der Waals surface area contributed by atoms with Crippen LogP contribution in [0.5, 0.6) is 5.75 Å². The molecular formula is C14H18O2Si. The van der Waals surface area contributed by atoms with Crippen LogP contribution < -0.4 is 4.74 Å². The molecule has 0 aliphatic heterocycles. The van der Waals surface area contributed by atoms with E-state index in [-0.39, 0.29) is 12.4 Å². The molecule has 0 spiro atoms. The minimum Gasteiger partial charge on any atom is -0.485 e. The molecule has 0 saturated heterocycles. The lowest BCUT2D eigenvalue weighted by Crippen LogP contribution is -2.16. The van der Waals surface area contributed by atoms with E-state index in [9.17, 15) is 4.79 Å². The third-order valence-corrected chi connectivity index (χ3v) is 2.77. The third kappa shape index (κ3) is 5.37. The molecule has 90 valence electrons. The van der Waals surface area contributed by atoms with Gasteiger partial charge in [0.15, 0.2) is 5.78 Å². The molecule has 0 fully saturated rings. The van der Waals surface area contributed by atoms with Gasteiger partial charge in [0.05, 0.1) is 5.56 Å². The van der Waals surface area contributed by atoms with Gasteiger partial charge in [-0.3, -0.25) is 4.79 Å². The van der Waals surface area contributed by atoms with Crippen molar-refractivity contribution in [1.82, 2.24) is 0 Å². The summed E-state index contributed by atoms with van der Waals surface area (Å²) in [4.78, 5) is 10.9. The van der Waals surface area contributed by atoms with E-state index in [2.05, 4.69) is 31.1 Å². The number of rotatable bonds is 3. The van der Waals surface area contributed by atoms with Crippen LogP contribution in [0.1, 0.15) is 12.5 Å². The highest BCUT2D eigenvalue weighted by Gasteiger charge is 2.08. The van der Waals surface area contributed by atoms with E-state index in [1.54, 1.807) is 0 Å². The Labute approximate surface area is 104 Å². The van der Waals surface area contributed by atoms with Gasteiger partial charge in [-0.25, -0.2) is 0 Å². The van der Waals surface area contributed by atoms with Gasteiger partial charge in [0.2, 0.25) is 0 Å². The summed E-state index contributed by atoms with van der Waals surface area (Å²) < 4.78 is 5.43. The molecule has 0 aromatic heterocycles. The van der Waals surface area contributed by atoms with Crippen molar-refractivity contribution in [2.24, 2.45) is 0 Å². The Morgan fingerprint density at radius 1 is 1.29 bits per heavy atom. The van der Waals surface area contributed by atoms with Crippen LogP contribution >= 0.6 is 0 Å². The Morgan fingerprint density at radius 3 is 2.53 bits per heavy atom. The van der Waals surface area contributed by atoms with Crippen LogP contribution in [0.3, 0.4) is 0 Å². The van der Waals surface area contributed by atoms with E-state index in [0.29, 0.717) is 5.75 Å². The maximum Gasteiger partial charge on any atom is 0.167 e. The van der Waals surface area contributed by atoms with Crippen molar-refractivity contribution in [1.29, 1.82) is 0 Å². The summed E-state index contributed by atoms with van der Waals surface area (Å²) in [6.07, 6.45) is 0. The highest BCUT2D eigenvalue weighted by molar-refractivity contribution is 6.83. The highest BCUT2D eigenvalue weighted by atomic mass is 28.3. The smallest absolute Gasteiger partial charge is 0.167 e. The third-order valence-electron chi connectivity index (χ3n) is 1.89. The van der Waals surface area contributed by atoms with Crippen molar-refractivity contribution in [3.05, 3.63) is 29.8 Å². The van der Waals surface area contributed by atoms with Crippen molar-refractivity contribution in [2.75, 3.05) is 6.61 Å². The predicted octanol–water partition coefficient (Wildman–Crippen LogP) is 2.88. The first kappa shape index (κ1) is 13.5. The fourth-order valence-corrected chi connectivity index (χ4v) is 1.64. The number of carbonyl (C=O) groups is 1. The van der Waals surface area contributed by atoms with E-state index in [0.717, 1.165) is 5.56 Å². The largest absolute Gasteiger partial charge is 0.485 e. The Kier molecular flexibility index (Phi) is 4.53. The van der Waals surface area contributed by atoms with Gasteiger partial charge in [-0.15, -0.1) is 5.54 Å². The van der Waals surface area contributed by atoms with Gasteiger partial charge in [-0.1, -0.05) is 37.7 Å². The number of hydrogen-bond donors (Lipinski definition) is 0. The van der Waals surface area contributed by atoms with Gasteiger partial charge in [-0.05, 0) is 19.1 Å². The summed E-state index contributed by atoms with van der Waals surface area (Å²) in [6.45, 7) is 8.19. The molecule has 0 unspecified atom stereocenters. The van der Waals surface area contributed by atoms with Crippen LogP contribution in [0.25, 0.3) is 0 Å². The lowest BCUT2D eigenvalue weighted by molar-refractivity contribution is -0.118. The molecule has 0 saturated carbocycles. The quantitative estimate of drug-likeness (QED) is 0.605. The molecule has 1 aromatic rings. The molecular weight excluding hydrogens is 228 g/mol. The molecule has 0 aliphatic rings. The molecule has 1 rings (SSSR count). The Morgan fingerprint density at radius 2 is 1.94 bits per heavy atom. The average Bonchev–Trinajstić information content (AvgIpc) is 2.23. The monoisotopic (exact) mass is 246 g/mol. The minimum atomic E-state index is -1.39. The zero-order chi connectivity index (χ0) is 12.9. The van der Waals surface area contributed by atoms with E-state index < -0.39 is 8.07 Å². The van der Waals surface area contributed by atoms with Gasteiger partial charge < -0.3 is 4.74 Å². The van der Waals surface area contributed by atoms with Gasteiger partial charge in [0, 0.05) is 0 Å². The molecule has 0 aliphatic carbocycles. The van der Waals surface area contributed by atoms with Gasteiger partial charge in [0.1, 0.15) is 20.4 Å². The summed E-state index contributed by atoms with van der Waals surface area (Å²) in [5, 5.41) is 0. The second kappa shape index (κ2) is 5.69. The Hall–Kier alpha value is -1.53. The number of para-hydroxylation sites is 1. The second-order valence-electron chi connectivity index (χ2n) is 4.99. The molecule has 0 radical (unpaired) electrons. The molecule has 0 atom stereocenters. The lowest BCUT2D eigenvalue weighted by atomic mass is 10.2. The first-order valence-electron chi connectivity index (χ1n) is 5.63. The predicted molar refractivity (Wildman–Crippen MR) is 72.8 cm³/mol. The van der Waals surface area contributed by atoms with Crippen molar-refractivity contribution in [3.63, 3.8) is 0 Å². The summed E-state index contributed by atoms with van der Waals surface area (Å²) in [5.74, 6) is 3.85. The number of carbonyl (C=O) groups excluding carboxylic acids is 1. The van der Waals surface area contributed by atoms with Crippen molar-refractivity contribution in [3.8, 4) is 17.2 Å². The van der Waals surface area contributed by atoms with Crippen LogP contribution in [0.15, 0.2) is 24.3 Å². The first-order chi connectivity index (χ1) is 7.88. The van der Waals surface area contributed by atoms with Gasteiger partial charge >= 0.3 is 0 Å². The minimum absolute atomic E-state index is 0.0120. The molecule has 1 aromatic carbocycles. The van der Waals surface area contributed by atoms with E-state index in [1.807, 2.05) is 24.3 Å². The standard InChI is InChI=1S/C14H18O2Si/c1-12(15)11-16-14-8-6-5-7-13(14)9-10-17(2,3)4/h5-8H,11H2,1-4H3. The molecule has 17 heavy (non-hydrogen) atoms. The van der Waals surface area contributed by atoms with Crippen molar-refractivity contribution >= 4 is 13.9 Å². The van der Waals surface area contributed by atoms with E-state index in [4.69, 9.17) is 4.74 Å². The Bertz CT molecular complexity index is 461. The number of Topliss-reactive ketones (excluding diaryl/α,β-unsaturated/α-hetero) is 1.